The smallest absolute Gasteiger partial charge is 0.0977 e. The number of halogens is 1. The van der Waals surface area contributed by atoms with E-state index in [0.717, 1.165) is 0 Å². The van der Waals surface area contributed by atoms with Crippen molar-refractivity contribution < 1.29 is 0 Å². The monoisotopic (exact) mass is 444 g/mol. The van der Waals surface area contributed by atoms with Gasteiger partial charge in [-0.2, -0.15) is 0 Å². The zero-order chi connectivity index (χ0) is 18.9. The van der Waals surface area contributed by atoms with Gasteiger partial charge in [0.1, 0.15) is 0 Å². The third kappa shape index (κ3) is 13.6. The van der Waals surface area contributed by atoms with E-state index >= 15 is 0 Å². The Morgan fingerprint density at radius 3 is 1.15 bits per heavy atom. The van der Waals surface area contributed by atoms with Gasteiger partial charge in [-0.15, -0.1) is 17.0 Å². The van der Waals surface area contributed by atoms with Gasteiger partial charge in [0.25, 0.3) is 0 Å². The average Bonchev–Trinajstić information content (AvgIpc) is 2.99. The minimum atomic E-state index is 0. The van der Waals surface area contributed by atoms with Gasteiger partial charge in [0, 0.05) is 25.5 Å². The van der Waals surface area contributed by atoms with Crippen molar-refractivity contribution in [2.24, 2.45) is 0 Å². The van der Waals surface area contributed by atoms with Crippen LogP contribution in [0.3, 0.4) is 0 Å². The van der Waals surface area contributed by atoms with Crippen molar-refractivity contribution in [3.05, 3.63) is 12.4 Å². The highest BCUT2D eigenvalue weighted by molar-refractivity contribution is 8.93. The van der Waals surface area contributed by atoms with Crippen molar-refractivity contribution in [1.29, 1.82) is 0 Å². The topological polar surface area (TPSA) is 6.48 Å². The molecule has 0 bridgehead atoms. The Labute approximate surface area is 181 Å². The van der Waals surface area contributed by atoms with Crippen LogP contribution in [-0.2, 0) is 0 Å². The van der Waals surface area contributed by atoms with Crippen LogP contribution in [0.4, 0.5) is 0 Å². The Hall–Kier alpha value is -0.180. The van der Waals surface area contributed by atoms with Crippen LogP contribution in [0.5, 0.6) is 0 Å². The first-order valence-electron chi connectivity index (χ1n) is 12.0. The fourth-order valence-corrected chi connectivity index (χ4v) is 3.99. The zero-order valence-corrected chi connectivity index (χ0v) is 20.5. The van der Waals surface area contributed by atoms with Crippen LogP contribution in [0.1, 0.15) is 124 Å². The van der Waals surface area contributed by atoms with Gasteiger partial charge in [-0.3, -0.25) is 0 Å². The molecular formula is C24H49BrN2. The molecule has 0 aliphatic carbocycles. The fourth-order valence-electron chi connectivity index (χ4n) is 3.99. The summed E-state index contributed by atoms with van der Waals surface area (Å²) in [6.07, 6.45) is 27.8. The van der Waals surface area contributed by atoms with Crippen LogP contribution in [0.2, 0.25) is 0 Å². The molecule has 0 spiro atoms. The van der Waals surface area contributed by atoms with E-state index in [4.69, 9.17) is 0 Å². The third-order valence-electron chi connectivity index (χ3n) is 5.95. The standard InChI is InChI=1S/C24H48N2.BrH/c1-4-6-8-10-12-13-14-15-17-19-21-26-23-22-25(24(26)3)20-18-16-11-9-7-5-2;/h22-24H,4-21H2,1-3H3;1H. The second-order valence-corrected chi connectivity index (χ2v) is 8.36. The molecule has 0 saturated carbocycles. The zero-order valence-electron chi connectivity index (χ0n) is 18.8. The molecule has 1 aliphatic heterocycles. The van der Waals surface area contributed by atoms with E-state index in [0.29, 0.717) is 6.17 Å². The summed E-state index contributed by atoms with van der Waals surface area (Å²) in [7, 11) is 0. The molecule has 1 atom stereocenters. The second-order valence-electron chi connectivity index (χ2n) is 8.36. The average molecular weight is 446 g/mol. The van der Waals surface area contributed by atoms with Crippen molar-refractivity contribution in [3.63, 3.8) is 0 Å². The Balaban J connectivity index is 0.00000676. The minimum Gasteiger partial charge on any atom is -0.356 e. The summed E-state index contributed by atoms with van der Waals surface area (Å²) in [6, 6.07) is 0. The van der Waals surface area contributed by atoms with Crippen LogP contribution in [0, 0.1) is 0 Å². The van der Waals surface area contributed by atoms with Crippen molar-refractivity contribution >= 4 is 17.0 Å². The molecule has 0 saturated heterocycles. The Bertz CT molecular complexity index is 332. The second kappa shape index (κ2) is 19.2. The number of nitrogens with zero attached hydrogens (tertiary/aromatic N) is 2. The number of hydrogen-bond acceptors (Lipinski definition) is 2. The van der Waals surface area contributed by atoms with E-state index in [1.165, 1.54) is 116 Å². The minimum absolute atomic E-state index is 0. The van der Waals surface area contributed by atoms with Gasteiger partial charge in [0.15, 0.2) is 0 Å². The first-order valence-corrected chi connectivity index (χ1v) is 12.0. The molecule has 1 unspecified atom stereocenters. The lowest BCUT2D eigenvalue weighted by atomic mass is 10.1. The van der Waals surface area contributed by atoms with Gasteiger partial charge in [-0.05, 0) is 19.8 Å². The molecule has 1 heterocycles. The van der Waals surface area contributed by atoms with Crippen molar-refractivity contribution in [2.45, 2.75) is 130 Å². The molecule has 0 aromatic rings. The van der Waals surface area contributed by atoms with Crippen LogP contribution in [-0.4, -0.2) is 29.1 Å². The van der Waals surface area contributed by atoms with Gasteiger partial charge >= 0.3 is 0 Å². The summed E-state index contributed by atoms with van der Waals surface area (Å²) in [4.78, 5) is 5.08. The summed E-state index contributed by atoms with van der Waals surface area (Å²) in [5, 5.41) is 0. The van der Waals surface area contributed by atoms with Crippen LogP contribution in [0.15, 0.2) is 12.4 Å². The highest BCUT2D eigenvalue weighted by atomic mass is 79.9. The predicted octanol–water partition coefficient (Wildman–Crippen LogP) is 8.28. The third-order valence-corrected chi connectivity index (χ3v) is 5.95. The normalized spacial score (nSPS) is 16.2. The first-order chi connectivity index (χ1) is 12.8. The SMILES string of the molecule is Br.CCCCCCCCCCCCN1C=CN(CCCCCCCC)C1C. The largest absolute Gasteiger partial charge is 0.356 e. The Morgan fingerprint density at radius 2 is 0.815 bits per heavy atom. The molecule has 1 rings (SSSR count). The maximum atomic E-state index is 2.54. The Morgan fingerprint density at radius 1 is 0.519 bits per heavy atom. The molecule has 0 aromatic carbocycles. The van der Waals surface area contributed by atoms with Gasteiger partial charge in [-0.25, -0.2) is 0 Å². The quantitative estimate of drug-likeness (QED) is 0.196. The summed E-state index contributed by atoms with van der Waals surface area (Å²) >= 11 is 0. The van der Waals surface area contributed by atoms with Crippen LogP contribution in [0.25, 0.3) is 0 Å². The van der Waals surface area contributed by atoms with Gasteiger partial charge in [0.2, 0.25) is 0 Å². The molecular weight excluding hydrogens is 396 g/mol. The molecule has 1 aliphatic rings. The lowest BCUT2D eigenvalue weighted by molar-refractivity contribution is 0.165. The number of unbranched alkanes of at least 4 members (excludes halogenated alkanes) is 14. The van der Waals surface area contributed by atoms with Crippen molar-refractivity contribution in [1.82, 2.24) is 9.80 Å². The Kier molecular flexibility index (Phi) is 19.0. The molecule has 0 amide bonds. The molecule has 0 aromatic heterocycles. The van der Waals surface area contributed by atoms with Crippen molar-refractivity contribution in [3.8, 4) is 0 Å². The molecule has 0 fully saturated rings. The molecule has 2 nitrogen and oxygen atoms in total. The maximum absolute atomic E-state index is 2.54. The van der Waals surface area contributed by atoms with Gasteiger partial charge in [0.05, 0.1) is 6.17 Å². The summed E-state index contributed by atoms with van der Waals surface area (Å²) in [5.74, 6) is 0. The lowest BCUT2D eigenvalue weighted by Crippen LogP contribution is -2.36. The van der Waals surface area contributed by atoms with E-state index in [2.05, 4.69) is 43.0 Å². The van der Waals surface area contributed by atoms with Crippen LogP contribution < -0.4 is 0 Å². The van der Waals surface area contributed by atoms with Crippen LogP contribution >= 0.6 is 17.0 Å². The van der Waals surface area contributed by atoms with E-state index < -0.39 is 0 Å². The van der Waals surface area contributed by atoms with E-state index in [9.17, 15) is 0 Å². The number of rotatable bonds is 18. The molecule has 0 radical (unpaired) electrons. The van der Waals surface area contributed by atoms with Crippen molar-refractivity contribution in [2.75, 3.05) is 13.1 Å². The molecule has 0 N–H and O–H groups in total. The van der Waals surface area contributed by atoms with Gasteiger partial charge < -0.3 is 9.80 Å². The highest BCUT2D eigenvalue weighted by Crippen LogP contribution is 2.18. The summed E-state index contributed by atoms with van der Waals surface area (Å²) in [5.41, 5.74) is 0. The molecule has 162 valence electrons. The van der Waals surface area contributed by atoms with E-state index in [1.807, 2.05) is 0 Å². The molecule has 3 heteroatoms. The summed E-state index contributed by atoms with van der Waals surface area (Å²) in [6.45, 7) is 9.43. The number of hydrogen-bond donors (Lipinski definition) is 0. The predicted molar refractivity (Wildman–Crippen MR) is 128 cm³/mol. The maximum Gasteiger partial charge on any atom is 0.0977 e. The highest BCUT2D eigenvalue weighted by Gasteiger charge is 2.20. The fraction of sp³-hybridized carbons (Fsp3) is 0.917. The van der Waals surface area contributed by atoms with Gasteiger partial charge in [-0.1, -0.05) is 104 Å². The van der Waals surface area contributed by atoms with E-state index in [-0.39, 0.29) is 17.0 Å². The molecule has 27 heavy (non-hydrogen) atoms. The lowest BCUT2D eigenvalue weighted by Gasteiger charge is -2.30. The van der Waals surface area contributed by atoms with E-state index in [1.54, 1.807) is 0 Å². The summed E-state index contributed by atoms with van der Waals surface area (Å²) < 4.78 is 0. The first kappa shape index (κ1) is 26.8.